The van der Waals surface area contributed by atoms with Crippen molar-refractivity contribution in [2.24, 2.45) is 10.9 Å². The Hall–Kier alpha value is -1.74. The molecule has 3 aromatic rings. The Balaban J connectivity index is 0.00000256. The van der Waals surface area contributed by atoms with Gasteiger partial charge < -0.3 is 14.6 Å². The minimum atomic E-state index is 0. The van der Waals surface area contributed by atoms with E-state index in [0.717, 1.165) is 49.9 Å². The fourth-order valence-corrected chi connectivity index (χ4v) is 4.75. The van der Waals surface area contributed by atoms with Crippen LogP contribution in [0.25, 0.3) is 5.65 Å². The highest BCUT2D eigenvalue weighted by Gasteiger charge is 2.24. The number of hydrogen-bond donors (Lipinski definition) is 1. The van der Waals surface area contributed by atoms with Crippen LogP contribution in [-0.2, 0) is 6.42 Å². The summed E-state index contributed by atoms with van der Waals surface area (Å²) < 4.78 is 2.07. The van der Waals surface area contributed by atoms with E-state index in [2.05, 4.69) is 63.1 Å². The van der Waals surface area contributed by atoms with Crippen LogP contribution < -0.4 is 5.32 Å². The van der Waals surface area contributed by atoms with E-state index >= 15 is 0 Å². The van der Waals surface area contributed by atoms with E-state index < -0.39 is 0 Å². The van der Waals surface area contributed by atoms with Crippen LogP contribution in [0.3, 0.4) is 0 Å². The number of nitrogens with one attached hydrogen (secondary N) is 1. The zero-order valence-electron chi connectivity index (χ0n) is 17.4. The maximum atomic E-state index is 4.89. The Morgan fingerprint density at radius 3 is 2.83 bits per heavy atom. The highest BCUT2D eigenvalue weighted by Crippen LogP contribution is 2.25. The zero-order chi connectivity index (χ0) is 19.9. The summed E-state index contributed by atoms with van der Waals surface area (Å²) in [6.07, 6.45) is 6.23. The second-order valence-electron chi connectivity index (χ2n) is 7.41. The third-order valence-corrected chi connectivity index (χ3v) is 6.44. The lowest BCUT2D eigenvalue weighted by molar-refractivity contribution is 0.474. The van der Waals surface area contributed by atoms with Crippen molar-refractivity contribution in [3.63, 3.8) is 0 Å². The number of pyridine rings is 1. The van der Waals surface area contributed by atoms with Crippen LogP contribution in [0.15, 0.2) is 70.8 Å². The number of rotatable bonds is 7. The average Bonchev–Trinajstić information content (AvgIpc) is 3.39. The first-order valence-electron chi connectivity index (χ1n) is 10.5. The van der Waals surface area contributed by atoms with Crippen LogP contribution in [0.1, 0.15) is 19.0 Å². The number of imidazole rings is 1. The van der Waals surface area contributed by atoms with E-state index in [4.69, 9.17) is 4.99 Å². The monoisotopic (exact) mass is 535 g/mol. The normalized spacial score (nSPS) is 16.6. The van der Waals surface area contributed by atoms with Crippen LogP contribution in [0.4, 0.5) is 0 Å². The summed E-state index contributed by atoms with van der Waals surface area (Å²) in [7, 11) is 0. The molecule has 1 unspecified atom stereocenters. The molecule has 1 aromatic carbocycles. The SMILES string of the molecule is CCNC(=NCCc1cn2ccccc2n1)N1CCC(CSc2ccccc2)C1.I. The number of fused-ring (bicyclic) bond motifs is 1. The van der Waals surface area contributed by atoms with Gasteiger partial charge in [-0.15, -0.1) is 35.7 Å². The van der Waals surface area contributed by atoms with Gasteiger partial charge in [0.2, 0.25) is 0 Å². The molecule has 0 bridgehead atoms. The van der Waals surface area contributed by atoms with Gasteiger partial charge in [-0.1, -0.05) is 24.3 Å². The summed E-state index contributed by atoms with van der Waals surface area (Å²) in [5, 5.41) is 3.48. The van der Waals surface area contributed by atoms with E-state index in [1.807, 2.05) is 36.2 Å². The minimum Gasteiger partial charge on any atom is -0.357 e. The molecule has 1 aliphatic heterocycles. The number of likely N-dealkylation sites (tertiary alicyclic amines) is 1. The van der Waals surface area contributed by atoms with Gasteiger partial charge in [0.25, 0.3) is 0 Å². The molecular weight excluding hydrogens is 505 g/mol. The number of benzene rings is 1. The van der Waals surface area contributed by atoms with E-state index in [0.29, 0.717) is 5.92 Å². The van der Waals surface area contributed by atoms with E-state index in [1.165, 1.54) is 17.1 Å². The Morgan fingerprint density at radius 2 is 2.03 bits per heavy atom. The molecule has 1 saturated heterocycles. The Morgan fingerprint density at radius 1 is 1.20 bits per heavy atom. The average molecular weight is 535 g/mol. The van der Waals surface area contributed by atoms with Gasteiger partial charge >= 0.3 is 0 Å². The molecule has 3 heterocycles. The van der Waals surface area contributed by atoms with Crippen LogP contribution in [0.2, 0.25) is 0 Å². The largest absolute Gasteiger partial charge is 0.357 e. The van der Waals surface area contributed by atoms with Gasteiger partial charge in [0, 0.05) is 55.6 Å². The van der Waals surface area contributed by atoms with E-state index in [9.17, 15) is 0 Å². The molecule has 1 N–H and O–H groups in total. The lowest BCUT2D eigenvalue weighted by Crippen LogP contribution is -2.40. The summed E-state index contributed by atoms with van der Waals surface area (Å²) >= 11 is 1.96. The maximum absolute atomic E-state index is 4.89. The van der Waals surface area contributed by atoms with Gasteiger partial charge in [-0.2, -0.15) is 0 Å². The fraction of sp³-hybridized carbons (Fsp3) is 0.391. The van der Waals surface area contributed by atoms with Crippen molar-refractivity contribution in [3.8, 4) is 0 Å². The lowest BCUT2D eigenvalue weighted by atomic mass is 10.2. The number of nitrogens with zero attached hydrogens (tertiary/aromatic N) is 4. The number of thioether (sulfide) groups is 1. The van der Waals surface area contributed by atoms with Gasteiger partial charge in [0.1, 0.15) is 5.65 Å². The summed E-state index contributed by atoms with van der Waals surface area (Å²) in [5.41, 5.74) is 2.09. The molecule has 160 valence electrons. The lowest BCUT2D eigenvalue weighted by Gasteiger charge is -2.21. The Kier molecular flexibility index (Phi) is 8.87. The van der Waals surface area contributed by atoms with E-state index in [1.54, 1.807) is 0 Å². The van der Waals surface area contributed by atoms with Crippen molar-refractivity contribution in [2.45, 2.75) is 24.7 Å². The van der Waals surface area contributed by atoms with Gasteiger partial charge in [0.15, 0.2) is 5.96 Å². The smallest absolute Gasteiger partial charge is 0.193 e. The van der Waals surface area contributed by atoms with Crippen LogP contribution in [0, 0.1) is 5.92 Å². The first-order valence-corrected chi connectivity index (χ1v) is 11.4. The molecule has 0 amide bonds. The quantitative estimate of drug-likeness (QED) is 0.208. The number of guanidine groups is 1. The third kappa shape index (κ3) is 6.14. The van der Waals surface area contributed by atoms with Crippen molar-refractivity contribution in [1.29, 1.82) is 0 Å². The van der Waals surface area contributed by atoms with Gasteiger partial charge in [0.05, 0.1) is 5.69 Å². The molecule has 0 aliphatic carbocycles. The Labute approximate surface area is 200 Å². The number of hydrogen-bond acceptors (Lipinski definition) is 3. The molecule has 7 heteroatoms. The molecule has 30 heavy (non-hydrogen) atoms. The van der Waals surface area contributed by atoms with Crippen LogP contribution in [0.5, 0.6) is 0 Å². The van der Waals surface area contributed by atoms with Crippen molar-refractivity contribution >= 4 is 47.3 Å². The molecule has 1 atom stereocenters. The molecule has 5 nitrogen and oxygen atoms in total. The standard InChI is InChI=1S/C23H29N5S.HI/c1-2-24-23(25-13-11-20-17-27-14-7-6-10-22(27)26-20)28-15-12-19(16-28)18-29-21-8-4-3-5-9-21;/h3-10,14,17,19H,2,11-13,15-16,18H2,1H3,(H,24,25);1H. The highest BCUT2D eigenvalue weighted by molar-refractivity contribution is 14.0. The first-order chi connectivity index (χ1) is 14.3. The fourth-order valence-electron chi connectivity index (χ4n) is 3.70. The minimum absolute atomic E-state index is 0. The second-order valence-corrected chi connectivity index (χ2v) is 8.50. The van der Waals surface area contributed by atoms with Crippen LogP contribution >= 0.6 is 35.7 Å². The summed E-state index contributed by atoms with van der Waals surface area (Å²) in [6.45, 7) is 5.95. The highest BCUT2D eigenvalue weighted by atomic mass is 127. The Bertz CT molecular complexity index is 910. The molecule has 1 fully saturated rings. The molecule has 0 radical (unpaired) electrons. The number of halogens is 1. The van der Waals surface area contributed by atoms with Crippen molar-refractivity contribution in [3.05, 3.63) is 66.6 Å². The zero-order valence-corrected chi connectivity index (χ0v) is 20.6. The first kappa shape index (κ1) is 22.9. The number of aromatic nitrogens is 2. The maximum Gasteiger partial charge on any atom is 0.193 e. The van der Waals surface area contributed by atoms with Crippen molar-refractivity contribution in [1.82, 2.24) is 19.6 Å². The topological polar surface area (TPSA) is 44.9 Å². The third-order valence-electron chi connectivity index (χ3n) is 5.19. The summed E-state index contributed by atoms with van der Waals surface area (Å²) in [5.74, 6) is 2.92. The van der Waals surface area contributed by atoms with Gasteiger partial charge in [-0.3, -0.25) is 4.99 Å². The van der Waals surface area contributed by atoms with Gasteiger partial charge in [-0.25, -0.2) is 4.98 Å². The predicted octanol–water partition coefficient (Wildman–Crippen LogP) is 4.57. The van der Waals surface area contributed by atoms with Crippen LogP contribution in [-0.4, -0.2) is 52.2 Å². The van der Waals surface area contributed by atoms with Crippen molar-refractivity contribution < 1.29 is 0 Å². The van der Waals surface area contributed by atoms with E-state index in [-0.39, 0.29) is 24.0 Å². The number of aliphatic imine (C=N–C) groups is 1. The molecule has 0 saturated carbocycles. The molecular formula is C23H30IN5S. The summed E-state index contributed by atoms with van der Waals surface area (Å²) in [6, 6.07) is 16.8. The molecule has 0 spiro atoms. The molecule has 1 aliphatic rings. The molecule has 2 aromatic heterocycles. The van der Waals surface area contributed by atoms with Gasteiger partial charge in [-0.05, 0) is 43.5 Å². The molecule has 4 rings (SSSR count). The second kappa shape index (κ2) is 11.6. The van der Waals surface area contributed by atoms with Crippen molar-refractivity contribution in [2.75, 3.05) is 31.9 Å². The summed E-state index contributed by atoms with van der Waals surface area (Å²) in [4.78, 5) is 13.3. The predicted molar refractivity (Wildman–Crippen MR) is 137 cm³/mol.